The van der Waals surface area contributed by atoms with E-state index >= 15 is 0 Å². The van der Waals surface area contributed by atoms with Gasteiger partial charge in [-0.05, 0) is 74.7 Å². The third-order valence-corrected chi connectivity index (χ3v) is 7.25. The van der Waals surface area contributed by atoms with Gasteiger partial charge < -0.3 is 5.32 Å². The van der Waals surface area contributed by atoms with Gasteiger partial charge in [-0.1, -0.05) is 0 Å². The van der Waals surface area contributed by atoms with Gasteiger partial charge in [0, 0.05) is 30.3 Å². The Morgan fingerprint density at radius 1 is 1.00 bits per heavy atom. The average molecular weight is 363 g/mol. The molecule has 7 rings (SSSR count). The van der Waals surface area contributed by atoms with Gasteiger partial charge in [-0.15, -0.1) is 0 Å². The fraction of sp³-hybridized carbons (Fsp3) is 0.619. The van der Waals surface area contributed by atoms with Gasteiger partial charge in [0.1, 0.15) is 5.82 Å². The van der Waals surface area contributed by atoms with E-state index in [0.29, 0.717) is 23.7 Å². The summed E-state index contributed by atoms with van der Waals surface area (Å²) in [5.41, 5.74) is 1.04. The van der Waals surface area contributed by atoms with Crippen molar-refractivity contribution in [2.24, 2.45) is 29.6 Å². The Labute approximate surface area is 158 Å². The predicted molar refractivity (Wildman–Crippen MR) is 100 cm³/mol. The zero-order valence-corrected chi connectivity index (χ0v) is 15.4. The highest BCUT2D eigenvalue weighted by molar-refractivity contribution is 5.92. The van der Waals surface area contributed by atoms with Crippen molar-refractivity contribution in [1.29, 1.82) is 0 Å². The standard InChI is InChI=1S/C21H25N5O/c27-20(19-15-7-12-6-13(9-15)10-16(19)8-12)24-18-11-17(14-2-3-14)25-26(18)21-22-4-1-5-23-21/h1,4-5,11-16,19H,2-3,6-10H2,(H,24,27). The third-order valence-electron chi connectivity index (χ3n) is 7.25. The second-order valence-corrected chi connectivity index (χ2v) is 9.14. The molecule has 1 N–H and O–H groups in total. The van der Waals surface area contributed by atoms with E-state index in [2.05, 4.69) is 15.3 Å². The van der Waals surface area contributed by atoms with Crippen molar-refractivity contribution in [2.45, 2.75) is 50.9 Å². The summed E-state index contributed by atoms with van der Waals surface area (Å²) in [6.07, 6.45) is 12.2. The number of nitrogens with zero attached hydrogens (tertiary/aromatic N) is 4. The summed E-state index contributed by atoms with van der Waals surface area (Å²) in [4.78, 5) is 22.0. The first kappa shape index (κ1) is 15.8. The Hall–Kier alpha value is -2.24. The number of anilines is 1. The average Bonchev–Trinajstić information content (AvgIpc) is 3.43. The minimum atomic E-state index is 0.169. The van der Waals surface area contributed by atoms with Crippen LogP contribution in [0.3, 0.4) is 0 Å². The van der Waals surface area contributed by atoms with Crippen LogP contribution in [0, 0.1) is 29.6 Å². The van der Waals surface area contributed by atoms with Gasteiger partial charge in [0.2, 0.25) is 5.91 Å². The minimum Gasteiger partial charge on any atom is -0.310 e. The number of nitrogens with one attached hydrogen (secondary N) is 1. The molecule has 5 aliphatic rings. The van der Waals surface area contributed by atoms with Crippen molar-refractivity contribution in [3.05, 3.63) is 30.2 Å². The quantitative estimate of drug-likeness (QED) is 0.902. The van der Waals surface area contributed by atoms with E-state index in [4.69, 9.17) is 5.10 Å². The van der Waals surface area contributed by atoms with E-state index in [0.717, 1.165) is 23.3 Å². The van der Waals surface area contributed by atoms with E-state index in [1.165, 1.54) is 44.9 Å². The zero-order chi connectivity index (χ0) is 18.0. The fourth-order valence-electron chi connectivity index (χ4n) is 6.18. The Morgan fingerprint density at radius 2 is 1.67 bits per heavy atom. The van der Waals surface area contributed by atoms with Crippen LogP contribution in [0.5, 0.6) is 0 Å². The number of carbonyl (C=O) groups excluding carboxylic acids is 1. The SMILES string of the molecule is O=C(Nc1cc(C2CC2)nn1-c1ncccn1)C1C2CC3CC(C2)CC1C3. The summed E-state index contributed by atoms with van der Waals surface area (Å²) in [6, 6.07) is 3.82. The topological polar surface area (TPSA) is 72.7 Å². The van der Waals surface area contributed by atoms with Crippen LogP contribution in [0.2, 0.25) is 0 Å². The monoisotopic (exact) mass is 363 g/mol. The smallest absolute Gasteiger partial charge is 0.252 e. The van der Waals surface area contributed by atoms with E-state index in [9.17, 15) is 4.79 Å². The lowest BCUT2D eigenvalue weighted by molar-refractivity contribution is -0.132. The van der Waals surface area contributed by atoms with Gasteiger partial charge in [-0.25, -0.2) is 9.97 Å². The lowest BCUT2D eigenvalue weighted by Gasteiger charge is -2.53. The molecule has 6 nitrogen and oxygen atoms in total. The van der Waals surface area contributed by atoms with Crippen molar-refractivity contribution >= 4 is 11.7 Å². The number of rotatable bonds is 4. The molecule has 2 aromatic rings. The molecule has 4 bridgehead atoms. The summed E-state index contributed by atoms with van der Waals surface area (Å²) in [5, 5.41) is 7.93. The first-order valence-electron chi connectivity index (χ1n) is 10.4. The highest BCUT2D eigenvalue weighted by atomic mass is 16.2. The van der Waals surface area contributed by atoms with Crippen molar-refractivity contribution in [1.82, 2.24) is 19.7 Å². The van der Waals surface area contributed by atoms with Crippen LogP contribution in [-0.4, -0.2) is 25.7 Å². The first-order valence-corrected chi connectivity index (χ1v) is 10.4. The molecule has 0 atom stereocenters. The maximum atomic E-state index is 13.3. The third kappa shape index (κ3) is 2.68. The highest BCUT2D eigenvalue weighted by Gasteiger charge is 2.50. The molecule has 0 unspecified atom stereocenters. The fourth-order valence-corrected chi connectivity index (χ4v) is 6.18. The van der Waals surface area contributed by atoms with Crippen molar-refractivity contribution in [3.8, 4) is 5.95 Å². The normalized spacial score (nSPS) is 34.0. The molecule has 27 heavy (non-hydrogen) atoms. The molecule has 2 heterocycles. The van der Waals surface area contributed by atoms with Gasteiger partial charge >= 0.3 is 0 Å². The Bertz CT molecular complexity index is 844. The summed E-state index contributed by atoms with van der Waals surface area (Å²) >= 11 is 0. The van der Waals surface area contributed by atoms with E-state index in [1.54, 1.807) is 23.1 Å². The number of hydrogen-bond acceptors (Lipinski definition) is 4. The Kier molecular flexibility index (Phi) is 3.44. The van der Waals surface area contributed by atoms with Crippen LogP contribution in [-0.2, 0) is 4.79 Å². The van der Waals surface area contributed by atoms with E-state index in [-0.39, 0.29) is 11.8 Å². The number of carbonyl (C=O) groups is 1. The maximum Gasteiger partial charge on any atom is 0.252 e. The van der Waals surface area contributed by atoms with E-state index < -0.39 is 0 Å². The van der Waals surface area contributed by atoms with Crippen LogP contribution < -0.4 is 5.32 Å². The van der Waals surface area contributed by atoms with Crippen molar-refractivity contribution in [2.75, 3.05) is 5.32 Å². The van der Waals surface area contributed by atoms with Gasteiger partial charge in [-0.2, -0.15) is 9.78 Å². The molecule has 0 saturated heterocycles. The van der Waals surface area contributed by atoms with Crippen LogP contribution in [0.4, 0.5) is 5.82 Å². The first-order chi connectivity index (χ1) is 13.2. The number of aromatic nitrogens is 4. The molecule has 0 aliphatic heterocycles. The molecule has 140 valence electrons. The van der Waals surface area contributed by atoms with Crippen LogP contribution in [0.1, 0.15) is 56.6 Å². The van der Waals surface area contributed by atoms with Crippen molar-refractivity contribution in [3.63, 3.8) is 0 Å². The lowest BCUT2D eigenvalue weighted by Crippen LogP contribution is -2.49. The maximum absolute atomic E-state index is 13.3. The lowest BCUT2D eigenvalue weighted by atomic mass is 9.51. The van der Waals surface area contributed by atoms with Gasteiger partial charge in [-0.3, -0.25) is 4.79 Å². The Balaban J connectivity index is 1.29. The molecule has 5 saturated carbocycles. The molecule has 6 heteroatoms. The molecule has 0 radical (unpaired) electrons. The zero-order valence-electron chi connectivity index (χ0n) is 15.4. The molecule has 2 aromatic heterocycles. The highest BCUT2D eigenvalue weighted by Crippen LogP contribution is 2.56. The summed E-state index contributed by atoms with van der Waals surface area (Å²) in [7, 11) is 0. The molecule has 0 aromatic carbocycles. The van der Waals surface area contributed by atoms with Crippen LogP contribution >= 0.6 is 0 Å². The second-order valence-electron chi connectivity index (χ2n) is 9.14. The molecule has 1 amide bonds. The second kappa shape index (κ2) is 5.88. The van der Waals surface area contributed by atoms with Gasteiger partial charge in [0.25, 0.3) is 5.95 Å². The predicted octanol–water partition coefficient (Wildman–Crippen LogP) is 3.55. The minimum absolute atomic E-state index is 0.169. The summed E-state index contributed by atoms with van der Waals surface area (Å²) < 4.78 is 1.71. The summed E-state index contributed by atoms with van der Waals surface area (Å²) in [6.45, 7) is 0. The molecule has 5 fully saturated rings. The number of hydrogen-bond donors (Lipinski definition) is 1. The largest absolute Gasteiger partial charge is 0.310 e. The van der Waals surface area contributed by atoms with E-state index in [1.807, 2.05) is 6.07 Å². The van der Waals surface area contributed by atoms with Gasteiger partial charge in [0.05, 0.1) is 5.69 Å². The molecule has 5 aliphatic carbocycles. The van der Waals surface area contributed by atoms with Gasteiger partial charge in [0.15, 0.2) is 0 Å². The van der Waals surface area contributed by atoms with Crippen LogP contribution in [0.15, 0.2) is 24.5 Å². The molecular formula is C21H25N5O. The molecule has 0 spiro atoms. The Morgan fingerprint density at radius 3 is 2.30 bits per heavy atom. The molecular weight excluding hydrogens is 338 g/mol. The number of amides is 1. The summed E-state index contributed by atoms with van der Waals surface area (Å²) in [5.74, 6) is 5.02. The van der Waals surface area contributed by atoms with Crippen LogP contribution in [0.25, 0.3) is 5.95 Å². The van der Waals surface area contributed by atoms with Crippen molar-refractivity contribution < 1.29 is 4.79 Å².